The Morgan fingerprint density at radius 1 is 1.33 bits per heavy atom. The third-order valence-corrected chi connectivity index (χ3v) is 4.16. The molecule has 0 aromatic heterocycles. The molecule has 0 aliphatic carbocycles. The standard InChI is InChI=1S/C11H14ClNO4S/c12-9-2-1-3-10(8-9)18(14,15)13-5-4-11-16-6-7-17-11/h1-3,8,11,13H,4-7H2. The molecule has 1 aromatic rings. The molecular weight excluding hydrogens is 278 g/mol. The van der Waals surface area contributed by atoms with Crippen LogP contribution in [0.5, 0.6) is 0 Å². The summed E-state index contributed by atoms with van der Waals surface area (Å²) < 4.78 is 36.7. The van der Waals surface area contributed by atoms with Gasteiger partial charge < -0.3 is 9.47 Å². The summed E-state index contributed by atoms with van der Waals surface area (Å²) in [5, 5.41) is 0.389. The van der Waals surface area contributed by atoms with Crippen LogP contribution in [0.4, 0.5) is 0 Å². The summed E-state index contributed by atoms with van der Waals surface area (Å²) in [4.78, 5) is 0.156. The Hall–Kier alpha value is -0.660. The number of hydrogen-bond donors (Lipinski definition) is 1. The lowest BCUT2D eigenvalue weighted by atomic mass is 10.4. The van der Waals surface area contributed by atoms with Gasteiger partial charge in [0.25, 0.3) is 0 Å². The van der Waals surface area contributed by atoms with Gasteiger partial charge in [-0.15, -0.1) is 0 Å². The molecule has 0 amide bonds. The molecule has 0 unspecified atom stereocenters. The predicted octanol–water partition coefficient (Wildman–Crippen LogP) is 1.38. The molecule has 0 saturated carbocycles. The van der Waals surface area contributed by atoms with E-state index in [1.54, 1.807) is 12.1 Å². The Morgan fingerprint density at radius 3 is 2.72 bits per heavy atom. The SMILES string of the molecule is O=S(=O)(NCCC1OCCO1)c1cccc(Cl)c1. The highest BCUT2D eigenvalue weighted by Gasteiger charge is 2.18. The Morgan fingerprint density at radius 2 is 2.06 bits per heavy atom. The van der Waals surface area contributed by atoms with Gasteiger partial charge in [-0.3, -0.25) is 0 Å². The van der Waals surface area contributed by atoms with E-state index in [9.17, 15) is 8.42 Å². The Labute approximate surface area is 111 Å². The van der Waals surface area contributed by atoms with Crippen molar-refractivity contribution in [1.82, 2.24) is 4.72 Å². The second kappa shape index (κ2) is 5.99. The Balaban J connectivity index is 1.90. The molecule has 0 radical (unpaired) electrons. The molecule has 1 aliphatic heterocycles. The average molecular weight is 292 g/mol. The van der Waals surface area contributed by atoms with E-state index in [-0.39, 0.29) is 17.7 Å². The summed E-state index contributed by atoms with van der Waals surface area (Å²) in [5.74, 6) is 0. The fourth-order valence-corrected chi connectivity index (χ4v) is 2.95. The summed E-state index contributed by atoms with van der Waals surface area (Å²) in [6.07, 6.45) is 0.173. The molecule has 1 fully saturated rings. The van der Waals surface area contributed by atoms with Crippen molar-refractivity contribution < 1.29 is 17.9 Å². The van der Waals surface area contributed by atoms with Crippen molar-refractivity contribution in [2.24, 2.45) is 0 Å². The first-order valence-electron chi connectivity index (χ1n) is 5.56. The summed E-state index contributed by atoms with van der Waals surface area (Å²) in [5.41, 5.74) is 0. The van der Waals surface area contributed by atoms with Crippen molar-refractivity contribution in [1.29, 1.82) is 0 Å². The van der Waals surface area contributed by atoms with Gasteiger partial charge >= 0.3 is 0 Å². The smallest absolute Gasteiger partial charge is 0.240 e. The molecule has 1 N–H and O–H groups in total. The van der Waals surface area contributed by atoms with Gasteiger partial charge in [0.05, 0.1) is 18.1 Å². The molecule has 1 heterocycles. The van der Waals surface area contributed by atoms with Crippen LogP contribution in [0.15, 0.2) is 29.2 Å². The van der Waals surface area contributed by atoms with Gasteiger partial charge in [-0.1, -0.05) is 17.7 Å². The van der Waals surface area contributed by atoms with Crippen LogP contribution >= 0.6 is 11.6 Å². The predicted molar refractivity (Wildman–Crippen MR) is 66.9 cm³/mol. The van der Waals surface area contributed by atoms with E-state index >= 15 is 0 Å². The average Bonchev–Trinajstić information content (AvgIpc) is 2.82. The van der Waals surface area contributed by atoms with Crippen LogP contribution in [0.1, 0.15) is 6.42 Å². The van der Waals surface area contributed by atoms with Gasteiger partial charge in [0.1, 0.15) is 0 Å². The number of hydrogen-bond acceptors (Lipinski definition) is 4. The zero-order chi connectivity index (χ0) is 13.0. The molecule has 5 nitrogen and oxygen atoms in total. The number of benzene rings is 1. The topological polar surface area (TPSA) is 64.6 Å². The van der Waals surface area contributed by atoms with E-state index in [1.807, 2.05) is 0 Å². The fourth-order valence-electron chi connectivity index (χ4n) is 1.60. The van der Waals surface area contributed by atoms with Crippen molar-refractivity contribution in [3.63, 3.8) is 0 Å². The lowest BCUT2D eigenvalue weighted by Gasteiger charge is -2.10. The van der Waals surface area contributed by atoms with Gasteiger partial charge in [0.2, 0.25) is 10.0 Å². The minimum absolute atomic E-state index is 0.156. The maximum absolute atomic E-state index is 11.9. The number of halogens is 1. The summed E-state index contributed by atoms with van der Waals surface area (Å²) >= 11 is 5.76. The number of rotatable bonds is 5. The molecule has 0 bridgehead atoms. The van der Waals surface area contributed by atoms with Crippen LogP contribution < -0.4 is 4.72 Å². The molecule has 1 saturated heterocycles. The van der Waals surface area contributed by atoms with Crippen molar-refractivity contribution in [2.75, 3.05) is 19.8 Å². The van der Waals surface area contributed by atoms with E-state index in [2.05, 4.69) is 4.72 Å². The maximum Gasteiger partial charge on any atom is 0.240 e. The summed E-state index contributed by atoms with van der Waals surface area (Å²) in [6, 6.07) is 6.13. The quantitative estimate of drug-likeness (QED) is 0.890. The van der Waals surface area contributed by atoms with E-state index in [4.69, 9.17) is 21.1 Å². The number of sulfonamides is 1. The van der Waals surface area contributed by atoms with Crippen molar-refractivity contribution in [3.8, 4) is 0 Å². The minimum atomic E-state index is -3.52. The molecular formula is C11H14ClNO4S. The largest absolute Gasteiger partial charge is 0.350 e. The van der Waals surface area contributed by atoms with Gasteiger partial charge in [0.15, 0.2) is 6.29 Å². The highest BCUT2D eigenvalue weighted by atomic mass is 35.5. The molecule has 7 heteroatoms. The fraction of sp³-hybridized carbons (Fsp3) is 0.455. The number of nitrogens with one attached hydrogen (secondary N) is 1. The zero-order valence-corrected chi connectivity index (χ0v) is 11.2. The van der Waals surface area contributed by atoms with Crippen molar-refractivity contribution >= 4 is 21.6 Å². The number of ether oxygens (including phenoxy) is 2. The molecule has 18 heavy (non-hydrogen) atoms. The molecule has 0 atom stereocenters. The minimum Gasteiger partial charge on any atom is -0.350 e. The first kappa shape index (κ1) is 13.8. The highest BCUT2D eigenvalue weighted by molar-refractivity contribution is 7.89. The monoisotopic (exact) mass is 291 g/mol. The summed E-state index contributed by atoms with van der Waals surface area (Å²) in [7, 11) is -3.52. The maximum atomic E-state index is 11.9. The van der Waals surface area contributed by atoms with Crippen LogP contribution in [-0.2, 0) is 19.5 Å². The molecule has 1 aromatic carbocycles. The Bertz CT molecular complexity index is 500. The van der Waals surface area contributed by atoms with Crippen LogP contribution in [-0.4, -0.2) is 34.5 Å². The first-order valence-corrected chi connectivity index (χ1v) is 7.42. The second-order valence-electron chi connectivity index (χ2n) is 3.81. The second-order valence-corrected chi connectivity index (χ2v) is 6.02. The third-order valence-electron chi connectivity index (χ3n) is 2.47. The van der Waals surface area contributed by atoms with Crippen LogP contribution in [0.25, 0.3) is 0 Å². The normalized spacial score (nSPS) is 17.2. The van der Waals surface area contributed by atoms with Gasteiger partial charge in [-0.2, -0.15) is 0 Å². The first-order chi connectivity index (χ1) is 8.58. The molecule has 100 valence electrons. The Kier molecular flexibility index (Phi) is 4.58. The lowest BCUT2D eigenvalue weighted by Crippen LogP contribution is -2.27. The van der Waals surface area contributed by atoms with E-state index < -0.39 is 10.0 Å². The third kappa shape index (κ3) is 3.66. The van der Waals surface area contributed by atoms with Gasteiger partial charge in [0, 0.05) is 18.0 Å². The van der Waals surface area contributed by atoms with E-state index in [0.29, 0.717) is 24.7 Å². The summed E-state index contributed by atoms with van der Waals surface area (Å²) in [6.45, 7) is 1.39. The molecule has 1 aliphatic rings. The van der Waals surface area contributed by atoms with Crippen molar-refractivity contribution in [2.45, 2.75) is 17.6 Å². The van der Waals surface area contributed by atoms with Gasteiger partial charge in [-0.05, 0) is 18.2 Å². The van der Waals surface area contributed by atoms with Crippen molar-refractivity contribution in [3.05, 3.63) is 29.3 Å². The van der Waals surface area contributed by atoms with E-state index in [0.717, 1.165) is 0 Å². The highest BCUT2D eigenvalue weighted by Crippen LogP contribution is 2.15. The van der Waals surface area contributed by atoms with Crippen LogP contribution in [0.2, 0.25) is 5.02 Å². The zero-order valence-electron chi connectivity index (χ0n) is 9.63. The van der Waals surface area contributed by atoms with Crippen LogP contribution in [0.3, 0.4) is 0 Å². The molecule has 0 spiro atoms. The van der Waals surface area contributed by atoms with E-state index in [1.165, 1.54) is 12.1 Å². The lowest BCUT2D eigenvalue weighted by molar-refractivity contribution is -0.0451. The molecule has 2 rings (SSSR count). The van der Waals surface area contributed by atoms with Gasteiger partial charge in [-0.25, -0.2) is 13.1 Å². The van der Waals surface area contributed by atoms with Crippen LogP contribution in [0, 0.1) is 0 Å².